The second kappa shape index (κ2) is 10.4. The van der Waals surface area contributed by atoms with E-state index in [4.69, 9.17) is 0 Å². The van der Waals surface area contributed by atoms with E-state index in [1.807, 2.05) is 18.2 Å². The molecule has 1 aliphatic carbocycles. The third-order valence-electron chi connectivity index (χ3n) is 7.22. The number of nitrogens with one attached hydrogen (secondary N) is 1. The minimum Gasteiger partial charge on any atom is -0.284 e. The van der Waals surface area contributed by atoms with E-state index >= 15 is 0 Å². The fraction of sp³-hybridized carbons (Fsp3) is 0.0857. The zero-order chi connectivity index (χ0) is 26.8. The molecule has 0 saturated heterocycles. The van der Waals surface area contributed by atoms with Crippen molar-refractivity contribution in [3.63, 3.8) is 0 Å². The normalized spacial score (nSPS) is 12.7. The Bertz CT molecular complexity index is 1740. The molecule has 1 N–H and O–H groups in total. The summed E-state index contributed by atoms with van der Waals surface area (Å²) in [6, 6.07) is 44.0. The van der Waals surface area contributed by atoms with Crippen LogP contribution in [0.2, 0.25) is 0 Å². The molecule has 0 unspecified atom stereocenters. The lowest BCUT2D eigenvalue weighted by Gasteiger charge is -2.20. The van der Waals surface area contributed by atoms with Gasteiger partial charge >= 0.3 is 0 Å². The Morgan fingerprint density at radius 1 is 0.590 bits per heavy atom. The second-order valence-corrected chi connectivity index (χ2v) is 11.7. The summed E-state index contributed by atoms with van der Waals surface area (Å²) in [5.74, 6) is 0. The zero-order valence-corrected chi connectivity index (χ0v) is 22.6. The van der Waals surface area contributed by atoms with Gasteiger partial charge in [-0.25, -0.2) is 8.42 Å². The van der Waals surface area contributed by atoms with Gasteiger partial charge in [0.15, 0.2) is 0 Å². The Morgan fingerprint density at radius 3 is 1.77 bits per heavy atom. The summed E-state index contributed by atoms with van der Waals surface area (Å²) < 4.78 is 26.8. The minimum absolute atomic E-state index is 0.546. The third kappa shape index (κ3) is 5.29. The SMILES string of the molecule is CS(=O)(=O)Nc1cccc(C(=C2c3ccccc3CCc3ccccc32)c2ccc(-c3ccccc3)cc2)c1. The first-order valence-corrected chi connectivity index (χ1v) is 15.0. The molecule has 1 aliphatic rings. The van der Waals surface area contributed by atoms with E-state index in [0.717, 1.165) is 35.1 Å². The number of sulfonamides is 1. The Morgan fingerprint density at radius 2 is 1.15 bits per heavy atom. The van der Waals surface area contributed by atoms with Crippen LogP contribution in [-0.2, 0) is 22.9 Å². The molecular weight excluding hydrogens is 498 g/mol. The van der Waals surface area contributed by atoms with E-state index in [-0.39, 0.29) is 0 Å². The van der Waals surface area contributed by atoms with Crippen LogP contribution < -0.4 is 4.72 Å². The van der Waals surface area contributed by atoms with Crippen molar-refractivity contribution in [1.29, 1.82) is 0 Å². The lowest BCUT2D eigenvalue weighted by atomic mass is 9.83. The lowest BCUT2D eigenvalue weighted by molar-refractivity contribution is 0.607. The highest BCUT2D eigenvalue weighted by Crippen LogP contribution is 2.42. The summed E-state index contributed by atoms with van der Waals surface area (Å²) in [6.07, 6.45) is 3.11. The fourth-order valence-corrected chi connectivity index (χ4v) is 6.07. The van der Waals surface area contributed by atoms with Crippen LogP contribution in [0.15, 0.2) is 127 Å². The summed E-state index contributed by atoms with van der Waals surface area (Å²) >= 11 is 0. The predicted molar refractivity (Wildman–Crippen MR) is 162 cm³/mol. The Hall–Kier alpha value is -4.41. The van der Waals surface area contributed by atoms with Gasteiger partial charge < -0.3 is 0 Å². The predicted octanol–water partition coefficient (Wildman–Crippen LogP) is 7.83. The molecule has 0 heterocycles. The molecule has 0 aliphatic heterocycles. The van der Waals surface area contributed by atoms with E-state index in [0.29, 0.717) is 5.69 Å². The van der Waals surface area contributed by atoms with Crippen LogP contribution in [-0.4, -0.2) is 14.7 Å². The number of aryl methyl sites for hydroxylation is 2. The van der Waals surface area contributed by atoms with Crippen molar-refractivity contribution in [2.24, 2.45) is 0 Å². The summed E-state index contributed by atoms with van der Waals surface area (Å²) in [5.41, 5.74) is 12.2. The van der Waals surface area contributed by atoms with Crippen LogP contribution in [0.5, 0.6) is 0 Å². The highest BCUT2D eigenvalue weighted by Gasteiger charge is 2.23. The summed E-state index contributed by atoms with van der Waals surface area (Å²) in [6.45, 7) is 0. The molecule has 3 nitrogen and oxygen atoms in total. The van der Waals surface area contributed by atoms with Gasteiger partial charge in [-0.05, 0) is 80.6 Å². The van der Waals surface area contributed by atoms with Crippen LogP contribution in [0.1, 0.15) is 33.4 Å². The van der Waals surface area contributed by atoms with Crippen molar-refractivity contribution in [3.05, 3.63) is 161 Å². The number of rotatable bonds is 5. The minimum atomic E-state index is -3.41. The largest absolute Gasteiger partial charge is 0.284 e. The van der Waals surface area contributed by atoms with Crippen LogP contribution in [0.4, 0.5) is 5.69 Å². The van der Waals surface area contributed by atoms with E-state index in [1.165, 1.54) is 39.6 Å². The number of anilines is 1. The quantitative estimate of drug-likeness (QED) is 0.253. The number of hydrogen-bond acceptors (Lipinski definition) is 2. The molecule has 0 aromatic heterocycles. The first kappa shape index (κ1) is 24.9. The fourth-order valence-electron chi connectivity index (χ4n) is 5.52. The van der Waals surface area contributed by atoms with Gasteiger partial charge in [-0.1, -0.05) is 115 Å². The molecule has 0 atom stereocenters. The van der Waals surface area contributed by atoms with Gasteiger partial charge in [0.25, 0.3) is 0 Å². The van der Waals surface area contributed by atoms with E-state index < -0.39 is 10.0 Å². The maximum absolute atomic E-state index is 12.1. The first-order valence-electron chi connectivity index (χ1n) is 13.1. The van der Waals surface area contributed by atoms with Gasteiger partial charge in [0.1, 0.15) is 0 Å². The molecule has 0 bridgehead atoms. The van der Waals surface area contributed by atoms with Crippen LogP contribution >= 0.6 is 0 Å². The summed E-state index contributed by atoms with van der Waals surface area (Å²) in [5, 5.41) is 0. The second-order valence-electron chi connectivity index (χ2n) is 9.96. The molecule has 4 heteroatoms. The number of hydrogen-bond donors (Lipinski definition) is 1. The maximum Gasteiger partial charge on any atom is 0.229 e. The highest BCUT2D eigenvalue weighted by molar-refractivity contribution is 7.92. The topological polar surface area (TPSA) is 46.2 Å². The van der Waals surface area contributed by atoms with Gasteiger partial charge in [0.05, 0.1) is 6.26 Å². The molecule has 0 amide bonds. The zero-order valence-electron chi connectivity index (χ0n) is 21.8. The molecule has 192 valence electrons. The third-order valence-corrected chi connectivity index (χ3v) is 7.83. The average molecular weight is 528 g/mol. The van der Waals surface area contributed by atoms with E-state index in [9.17, 15) is 8.42 Å². The molecule has 0 fully saturated rings. The Balaban J connectivity index is 1.65. The standard InChI is InChI=1S/C35H29NO2S/c1-39(37,38)36-31-15-9-14-30(24-31)34(29-22-18-26(19-23-29)25-10-3-2-4-11-25)35-32-16-7-5-12-27(32)20-21-28-13-6-8-17-33(28)35/h2-19,22-24,36H,20-21H2,1H3. The number of fused-ring (bicyclic) bond motifs is 2. The molecule has 0 radical (unpaired) electrons. The van der Waals surface area contributed by atoms with Gasteiger partial charge in [-0.15, -0.1) is 0 Å². The van der Waals surface area contributed by atoms with Crippen molar-refractivity contribution in [3.8, 4) is 11.1 Å². The molecular formula is C35H29NO2S. The Kier molecular flexibility index (Phi) is 6.64. The van der Waals surface area contributed by atoms with Crippen molar-refractivity contribution in [2.45, 2.75) is 12.8 Å². The van der Waals surface area contributed by atoms with Crippen molar-refractivity contribution < 1.29 is 8.42 Å². The monoisotopic (exact) mass is 527 g/mol. The molecule has 5 aromatic carbocycles. The lowest BCUT2D eigenvalue weighted by Crippen LogP contribution is -2.09. The average Bonchev–Trinajstić information content (AvgIpc) is 3.11. The van der Waals surface area contributed by atoms with Gasteiger partial charge in [0.2, 0.25) is 10.0 Å². The van der Waals surface area contributed by atoms with Gasteiger partial charge in [-0.3, -0.25) is 4.72 Å². The van der Waals surface area contributed by atoms with Crippen LogP contribution in [0.3, 0.4) is 0 Å². The molecule has 39 heavy (non-hydrogen) atoms. The van der Waals surface area contributed by atoms with Crippen molar-refractivity contribution in [1.82, 2.24) is 0 Å². The maximum atomic E-state index is 12.1. The smallest absolute Gasteiger partial charge is 0.229 e. The molecule has 5 aromatic rings. The van der Waals surface area contributed by atoms with Crippen molar-refractivity contribution in [2.75, 3.05) is 11.0 Å². The van der Waals surface area contributed by atoms with E-state index in [1.54, 1.807) is 6.07 Å². The molecule has 6 rings (SSSR count). The molecule has 0 saturated carbocycles. The molecule has 0 spiro atoms. The van der Waals surface area contributed by atoms with Crippen molar-refractivity contribution >= 4 is 26.9 Å². The summed E-state index contributed by atoms with van der Waals surface area (Å²) in [4.78, 5) is 0. The summed E-state index contributed by atoms with van der Waals surface area (Å²) in [7, 11) is -3.41. The Labute approximate surface area is 230 Å². The van der Waals surface area contributed by atoms with Crippen LogP contribution in [0.25, 0.3) is 22.3 Å². The van der Waals surface area contributed by atoms with Gasteiger partial charge in [-0.2, -0.15) is 0 Å². The van der Waals surface area contributed by atoms with Crippen LogP contribution in [0, 0.1) is 0 Å². The van der Waals surface area contributed by atoms with E-state index in [2.05, 4.69) is 108 Å². The first-order chi connectivity index (χ1) is 19.0. The van der Waals surface area contributed by atoms with Gasteiger partial charge in [0, 0.05) is 5.69 Å². The highest BCUT2D eigenvalue weighted by atomic mass is 32.2. The number of benzene rings is 5.